The van der Waals surface area contributed by atoms with Crippen molar-refractivity contribution < 1.29 is 38.5 Å². The Labute approximate surface area is 251 Å². The van der Waals surface area contributed by atoms with Crippen molar-refractivity contribution in [3.8, 4) is 0 Å². The normalized spacial score (nSPS) is 47.9. The largest absolute Gasteiger partial charge is 0.460 e. The molecule has 0 aromatic heterocycles. The molecule has 0 aromatic carbocycles. The third kappa shape index (κ3) is 3.20. The van der Waals surface area contributed by atoms with Gasteiger partial charge in [0.25, 0.3) is 0 Å². The average Bonchev–Trinajstić information content (AvgIpc) is 3.62. The predicted octanol–water partition coefficient (Wildman–Crippen LogP) is 4.48. The lowest BCUT2D eigenvalue weighted by atomic mass is 9.54. The standard InChI is InChI=1S/C35H40O8/c1-8-16(2)29(37)41-22-14-18(4)23-21(36)13-17(3)24(23)27-25(22)35(31(39)43-27)15-34-12-11-32(35,6)28(34)26-20(9-10-33(34,7)40)19(5)30(38)42-26/h8,11-13,20,22,24-28,40H,5,9-10,14-15H2,1-4,6-7H3/b16-8-/t20-,22-,24-,25+,26-,27+,28-,32+,33+,34-,35?/m0/s1. The van der Waals surface area contributed by atoms with E-state index in [1.54, 1.807) is 26.0 Å². The van der Waals surface area contributed by atoms with Gasteiger partial charge in [-0.15, -0.1) is 0 Å². The van der Waals surface area contributed by atoms with Crippen LogP contribution in [-0.4, -0.2) is 52.7 Å². The minimum absolute atomic E-state index is 0.0997. The maximum absolute atomic E-state index is 14.7. The molecule has 2 saturated heterocycles. The van der Waals surface area contributed by atoms with E-state index in [2.05, 4.69) is 6.58 Å². The van der Waals surface area contributed by atoms with E-state index in [0.29, 0.717) is 29.6 Å². The maximum atomic E-state index is 14.7. The molecule has 2 bridgehead atoms. The molecule has 4 fully saturated rings. The zero-order chi connectivity index (χ0) is 31.0. The summed E-state index contributed by atoms with van der Waals surface area (Å²) in [6.45, 7) is 15.1. The van der Waals surface area contributed by atoms with Crippen LogP contribution in [-0.2, 0) is 33.4 Å². The number of carbonyl (C=O) groups excluding carboxylic acids is 4. The Morgan fingerprint density at radius 2 is 1.86 bits per heavy atom. The molecule has 0 aromatic rings. The number of hydrogen-bond acceptors (Lipinski definition) is 8. The van der Waals surface area contributed by atoms with Crippen LogP contribution in [0.2, 0.25) is 0 Å². The Balaban J connectivity index is 1.44. The highest BCUT2D eigenvalue weighted by molar-refractivity contribution is 6.09. The molecule has 7 aliphatic rings. The molecule has 2 saturated carbocycles. The molecule has 7 rings (SSSR count). The van der Waals surface area contributed by atoms with Crippen molar-refractivity contribution >= 4 is 23.7 Å². The quantitative estimate of drug-likeness (QED) is 0.217. The summed E-state index contributed by atoms with van der Waals surface area (Å²) >= 11 is 0. The molecule has 0 radical (unpaired) electrons. The van der Waals surface area contributed by atoms with Crippen LogP contribution in [0.15, 0.2) is 58.7 Å². The van der Waals surface area contributed by atoms with E-state index < -0.39 is 75.8 Å². The van der Waals surface area contributed by atoms with Gasteiger partial charge in [-0.2, -0.15) is 0 Å². The maximum Gasteiger partial charge on any atom is 0.334 e. The molecular weight excluding hydrogens is 548 g/mol. The molecule has 0 amide bonds. The number of hydrogen-bond donors (Lipinski definition) is 1. The smallest absolute Gasteiger partial charge is 0.334 e. The van der Waals surface area contributed by atoms with Gasteiger partial charge in [-0.3, -0.25) is 9.59 Å². The molecule has 2 aliphatic heterocycles. The zero-order valence-electron chi connectivity index (χ0n) is 25.7. The Bertz CT molecular complexity index is 1540. The van der Waals surface area contributed by atoms with Gasteiger partial charge in [0, 0.05) is 51.7 Å². The first-order chi connectivity index (χ1) is 20.1. The van der Waals surface area contributed by atoms with Gasteiger partial charge in [-0.05, 0) is 60.0 Å². The van der Waals surface area contributed by atoms with E-state index in [1.807, 2.05) is 39.8 Å². The number of allylic oxidation sites excluding steroid dienone is 3. The Kier molecular flexibility index (Phi) is 5.75. The fourth-order valence-corrected chi connectivity index (χ4v) is 10.5. The van der Waals surface area contributed by atoms with Gasteiger partial charge in [-0.1, -0.05) is 42.9 Å². The van der Waals surface area contributed by atoms with Gasteiger partial charge < -0.3 is 19.3 Å². The zero-order valence-corrected chi connectivity index (χ0v) is 25.7. The van der Waals surface area contributed by atoms with E-state index >= 15 is 0 Å². The number of rotatable bonds is 2. The second-order valence-corrected chi connectivity index (χ2v) is 14.5. The van der Waals surface area contributed by atoms with Crippen molar-refractivity contribution in [1.82, 2.24) is 0 Å². The minimum atomic E-state index is -1.22. The van der Waals surface area contributed by atoms with Gasteiger partial charge in [0.15, 0.2) is 5.78 Å². The first kappa shape index (κ1) is 28.5. The molecule has 228 valence electrons. The molecule has 2 heterocycles. The summed E-state index contributed by atoms with van der Waals surface area (Å²) in [5.74, 6) is -3.18. The number of carbonyl (C=O) groups is 4. The topological polar surface area (TPSA) is 116 Å². The van der Waals surface area contributed by atoms with Crippen molar-refractivity contribution in [3.63, 3.8) is 0 Å². The summed E-state index contributed by atoms with van der Waals surface area (Å²) in [6, 6.07) is 0. The third-order valence-electron chi connectivity index (χ3n) is 12.7. The second kappa shape index (κ2) is 8.68. The number of aliphatic hydroxyl groups is 1. The van der Waals surface area contributed by atoms with Crippen LogP contribution in [0.4, 0.5) is 0 Å². The van der Waals surface area contributed by atoms with E-state index in [-0.39, 0.29) is 24.5 Å². The molecule has 1 spiro atoms. The van der Waals surface area contributed by atoms with Crippen molar-refractivity contribution in [2.45, 2.75) is 91.1 Å². The highest BCUT2D eigenvalue weighted by Crippen LogP contribution is 2.80. The summed E-state index contributed by atoms with van der Waals surface area (Å²) in [4.78, 5) is 54.2. The fraction of sp³-hybridized carbons (Fsp3) is 0.600. The summed E-state index contributed by atoms with van der Waals surface area (Å²) < 4.78 is 18.8. The summed E-state index contributed by atoms with van der Waals surface area (Å²) in [7, 11) is 0. The van der Waals surface area contributed by atoms with Crippen molar-refractivity contribution in [1.29, 1.82) is 0 Å². The Morgan fingerprint density at radius 1 is 1.14 bits per heavy atom. The van der Waals surface area contributed by atoms with Gasteiger partial charge in [0.2, 0.25) is 0 Å². The van der Waals surface area contributed by atoms with Crippen LogP contribution in [0.5, 0.6) is 0 Å². The number of fused-ring (bicyclic) bond motifs is 6. The van der Waals surface area contributed by atoms with Crippen molar-refractivity contribution in [2.75, 3.05) is 0 Å². The Hall–Kier alpha value is -3.26. The van der Waals surface area contributed by atoms with Gasteiger partial charge in [-0.25, -0.2) is 9.59 Å². The van der Waals surface area contributed by atoms with Gasteiger partial charge in [0.05, 0.1) is 16.9 Å². The van der Waals surface area contributed by atoms with Gasteiger partial charge in [0.1, 0.15) is 18.3 Å². The van der Waals surface area contributed by atoms with E-state index in [1.165, 1.54) is 0 Å². The van der Waals surface area contributed by atoms with Crippen LogP contribution < -0.4 is 0 Å². The predicted molar refractivity (Wildman–Crippen MR) is 155 cm³/mol. The van der Waals surface area contributed by atoms with E-state index in [0.717, 1.165) is 11.1 Å². The van der Waals surface area contributed by atoms with Crippen LogP contribution in [0, 0.1) is 39.9 Å². The van der Waals surface area contributed by atoms with Gasteiger partial charge >= 0.3 is 17.9 Å². The molecule has 43 heavy (non-hydrogen) atoms. The minimum Gasteiger partial charge on any atom is -0.460 e. The molecule has 11 atom stereocenters. The summed E-state index contributed by atoms with van der Waals surface area (Å²) in [6.07, 6.45) is 6.82. The van der Waals surface area contributed by atoms with E-state index in [4.69, 9.17) is 14.2 Å². The second-order valence-electron chi connectivity index (χ2n) is 14.5. The monoisotopic (exact) mass is 588 g/mol. The van der Waals surface area contributed by atoms with Crippen LogP contribution in [0.25, 0.3) is 0 Å². The average molecular weight is 589 g/mol. The first-order valence-corrected chi connectivity index (χ1v) is 15.4. The van der Waals surface area contributed by atoms with Crippen LogP contribution in [0.3, 0.4) is 0 Å². The molecule has 1 unspecified atom stereocenters. The SMILES string of the molecule is C=C1C(=O)O[C@@H]2[C@@H]3[C@@]4(C=C[C@@]3(C)C3(C4)C(=O)O[C@@H]4[C@H]5C(C)=CC(=O)C5=C(C)C[C@H](OC(=O)/C(C)=C\C)[C@H]43)[C@](C)(O)CC[C@@H]12. The molecule has 5 aliphatic carbocycles. The lowest BCUT2D eigenvalue weighted by Crippen LogP contribution is -2.53. The van der Waals surface area contributed by atoms with Crippen LogP contribution in [0.1, 0.15) is 67.2 Å². The number of ketones is 1. The summed E-state index contributed by atoms with van der Waals surface area (Å²) in [5, 5.41) is 12.3. The molecule has 8 heteroatoms. The first-order valence-electron chi connectivity index (χ1n) is 15.4. The lowest BCUT2D eigenvalue weighted by Gasteiger charge is -2.46. The summed E-state index contributed by atoms with van der Waals surface area (Å²) in [5.41, 5.74) is -1.13. The molecular formula is C35H40O8. The highest BCUT2D eigenvalue weighted by Gasteiger charge is 2.84. The van der Waals surface area contributed by atoms with Crippen LogP contribution >= 0.6 is 0 Å². The number of esters is 3. The fourth-order valence-electron chi connectivity index (χ4n) is 10.5. The van der Waals surface area contributed by atoms with Crippen molar-refractivity contribution in [2.24, 2.45) is 39.9 Å². The third-order valence-corrected chi connectivity index (χ3v) is 12.7. The highest BCUT2D eigenvalue weighted by atomic mass is 16.6. The Morgan fingerprint density at radius 3 is 2.56 bits per heavy atom. The van der Waals surface area contributed by atoms with Crippen molar-refractivity contribution in [3.05, 3.63) is 58.7 Å². The number of ether oxygens (including phenoxy) is 3. The van der Waals surface area contributed by atoms with E-state index in [9.17, 15) is 24.3 Å². The molecule has 8 nitrogen and oxygen atoms in total. The molecule has 1 N–H and O–H groups in total. The lowest BCUT2D eigenvalue weighted by molar-refractivity contribution is -0.159.